The highest BCUT2D eigenvalue weighted by atomic mass is 16.5. The van der Waals surface area contributed by atoms with Gasteiger partial charge in [-0.1, -0.05) is 73.3 Å². The Bertz CT molecular complexity index is 1430. The molecule has 0 unspecified atom stereocenters. The van der Waals surface area contributed by atoms with Gasteiger partial charge in [0, 0.05) is 24.1 Å². The van der Waals surface area contributed by atoms with Crippen LogP contribution in [0.25, 0.3) is 11.4 Å². The Balaban J connectivity index is 2.02. The van der Waals surface area contributed by atoms with Crippen LogP contribution in [-0.2, 0) is 5.41 Å². The minimum atomic E-state index is -0.127. The first-order valence-corrected chi connectivity index (χ1v) is 14.2. The van der Waals surface area contributed by atoms with Crippen LogP contribution in [-0.4, -0.2) is 29.3 Å². The van der Waals surface area contributed by atoms with Crippen molar-refractivity contribution in [3.63, 3.8) is 0 Å². The number of rotatable bonds is 10. The van der Waals surface area contributed by atoms with Gasteiger partial charge in [0.2, 0.25) is 0 Å². The maximum Gasteiger partial charge on any atom is 0.254 e. The number of hydrogen-bond acceptors (Lipinski definition) is 5. The smallest absolute Gasteiger partial charge is 0.254 e. The number of carbonyl (C=O) groups is 1. The number of amides is 1. The number of benzene rings is 2. The first-order valence-electron chi connectivity index (χ1n) is 14.2. The summed E-state index contributed by atoms with van der Waals surface area (Å²) >= 11 is 0. The first kappa shape index (κ1) is 31.5. The van der Waals surface area contributed by atoms with Gasteiger partial charge in [-0.05, 0) is 66.0 Å². The van der Waals surface area contributed by atoms with E-state index in [1.54, 1.807) is 24.2 Å². The number of aromatic nitrogens is 2. The Hall–Kier alpha value is -4.00. The van der Waals surface area contributed by atoms with E-state index >= 15 is 0 Å². The number of nitrogens with zero attached hydrogens (tertiary/aromatic N) is 2. The number of hydrogen-bond donors (Lipinski definition) is 3. The monoisotopic (exact) mass is 557 g/mol. The fraction of sp³-hybridized carbons (Fsp3) is 0.412. The van der Waals surface area contributed by atoms with Gasteiger partial charge in [-0.25, -0.2) is 4.68 Å². The minimum Gasteiger partial charge on any atom is -0.492 e. The van der Waals surface area contributed by atoms with Crippen LogP contribution in [0.3, 0.4) is 0 Å². The van der Waals surface area contributed by atoms with E-state index in [0.29, 0.717) is 17.9 Å². The van der Waals surface area contributed by atoms with Crippen LogP contribution in [0, 0.1) is 12.3 Å². The summed E-state index contributed by atoms with van der Waals surface area (Å²) in [5, 5.41) is 14.6. The summed E-state index contributed by atoms with van der Waals surface area (Å²) in [7, 11) is 1.68. The van der Waals surface area contributed by atoms with E-state index in [2.05, 4.69) is 113 Å². The van der Waals surface area contributed by atoms with Crippen LogP contribution in [0.4, 0.5) is 11.4 Å². The average Bonchev–Trinajstić information content (AvgIpc) is 3.36. The van der Waals surface area contributed by atoms with Gasteiger partial charge in [-0.3, -0.25) is 4.79 Å². The zero-order chi connectivity index (χ0) is 30.5. The number of nitrogens with one attached hydrogen (secondary N) is 3. The number of aryl methyl sites for hydroxylation is 1. The van der Waals surface area contributed by atoms with Crippen LogP contribution in [0.15, 0.2) is 61.1 Å². The third-order valence-electron chi connectivity index (χ3n) is 6.58. The molecule has 1 heterocycles. The first-order chi connectivity index (χ1) is 19.1. The summed E-state index contributed by atoms with van der Waals surface area (Å²) in [6, 6.07) is 10.5. The molecule has 3 rings (SSSR count). The van der Waals surface area contributed by atoms with Gasteiger partial charge in [0.1, 0.15) is 0 Å². The number of allylic oxidation sites excluding steroid dienone is 2. The summed E-state index contributed by atoms with van der Waals surface area (Å²) in [6.45, 7) is 23.6. The minimum absolute atomic E-state index is 0.00199. The lowest BCUT2D eigenvalue weighted by atomic mass is 9.86. The Morgan fingerprint density at radius 1 is 1.05 bits per heavy atom. The van der Waals surface area contributed by atoms with E-state index in [4.69, 9.17) is 4.74 Å². The third kappa shape index (κ3) is 8.26. The lowest BCUT2D eigenvalue weighted by molar-refractivity contribution is 0.0939. The molecular weight excluding hydrogens is 510 g/mol. The van der Waals surface area contributed by atoms with Gasteiger partial charge in [-0.15, -0.1) is 0 Å². The highest BCUT2D eigenvalue weighted by molar-refractivity contribution is 5.93. The summed E-state index contributed by atoms with van der Waals surface area (Å²) in [5.74, 6) is 0.589. The van der Waals surface area contributed by atoms with Crippen LogP contribution >= 0.6 is 0 Å². The molecule has 0 aliphatic carbocycles. The maximum absolute atomic E-state index is 12.7. The molecule has 0 atom stereocenters. The molecule has 0 saturated heterocycles. The molecule has 0 saturated carbocycles. The molecule has 220 valence electrons. The van der Waals surface area contributed by atoms with Crippen molar-refractivity contribution in [3.8, 4) is 11.4 Å². The van der Waals surface area contributed by atoms with E-state index in [1.165, 1.54) is 5.56 Å². The molecule has 41 heavy (non-hydrogen) atoms. The quantitative estimate of drug-likeness (QED) is 0.235. The zero-order valence-electron chi connectivity index (χ0n) is 26.5. The second kappa shape index (κ2) is 12.7. The van der Waals surface area contributed by atoms with Crippen molar-refractivity contribution in [2.75, 3.05) is 24.3 Å². The lowest BCUT2D eigenvalue weighted by Gasteiger charge is -2.25. The molecule has 0 bridgehead atoms. The van der Waals surface area contributed by atoms with E-state index in [1.807, 2.05) is 13.8 Å². The fourth-order valence-electron chi connectivity index (χ4n) is 4.33. The highest BCUT2D eigenvalue weighted by Crippen LogP contribution is 2.40. The normalized spacial score (nSPS) is 12.2. The average molecular weight is 558 g/mol. The fourth-order valence-corrected chi connectivity index (χ4v) is 4.33. The second-order valence-corrected chi connectivity index (χ2v) is 12.8. The molecule has 3 aromatic rings. The van der Waals surface area contributed by atoms with Crippen LogP contribution in [0.1, 0.15) is 88.9 Å². The number of ether oxygens (including phenoxy) is 1. The van der Waals surface area contributed by atoms with Gasteiger partial charge < -0.3 is 20.7 Å². The van der Waals surface area contributed by atoms with Crippen molar-refractivity contribution in [3.05, 3.63) is 83.3 Å². The third-order valence-corrected chi connectivity index (χ3v) is 6.58. The van der Waals surface area contributed by atoms with Gasteiger partial charge in [0.15, 0.2) is 5.75 Å². The molecule has 7 nitrogen and oxygen atoms in total. The van der Waals surface area contributed by atoms with Crippen molar-refractivity contribution in [2.45, 2.75) is 74.1 Å². The maximum atomic E-state index is 12.7. The topological polar surface area (TPSA) is 80.2 Å². The van der Waals surface area contributed by atoms with Gasteiger partial charge in [0.05, 0.1) is 35.9 Å². The van der Waals surface area contributed by atoms with E-state index < -0.39 is 0 Å². The van der Waals surface area contributed by atoms with Gasteiger partial charge >= 0.3 is 0 Å². The second-order valence-electron chi connectivity index (χ2n) is 12.8. The van der Waals surface area contributed by atoms with Gasteiger partial charge in [-0.2, -0.15) is 5.10 Å². The van der Waals surface area contributed by atoms with E-state index in [-0.39, 0.29) is 16.7 Å². The molecule has 2 aromatic carbocycles. The summed E-state index contributed by atoms with van der Waals surface area (Å²) in [5.41, 5.74) is 8.09. The van der Waals surface area contributed by atoms with Crippen molar-refractivity contribution >= 4 is 23.0 Å². The Kier molecular flexibility index (Phi) is 9.74. The van der Waals surface area contributed by atoms with E-state index in [0.717, 1.165) is 46.0 Å². The Morgan fingerprint density at radius 3 is 2.27 bits per heavy atom. The number of anilines is 2. The largest absolute Gasteiger partial charge is 0.492 e. The Labute approximate surface area is 246 Å². The molecule has 0 aliphatic rings. The van der Waals surface area contributed by atoms with Crippen LogP contribution in [0.2, 0.25) is 0 Å². The summed E-state index contributed by atoms with van der Waals surface area (Å²) in [4.78, 5) is 12.7. The van der Waals surface area contributed by atoms with Crippen molar-refractivity contribution < 1.29 is 9.53 Å². The highest BCUT2D eigenvalue weighted by Gasteiger charge is 2.21. The predicted molar refractivity (Wildman–Crippen MR) is 172 cm³/mol. The van der Waals surface area contributed by atoms with Crippen molar-refractivity contribution in [1.29, 1.82) is 0 Å². The molecule has 7 heteroatoms. The van der Waals surface area contributed by atoms with Gasteiger partial charge in [0.25, 0.3) is 5.91 Å². The Morgan fingerprint density at radius 2 is 1.71 bits per heavy atom. The molecule has 3 N–H and O–H groups in total. The molecule has 0 radical (unpaired) electrons. The zero-order valence-corrected chi connectivity index (χ0v) is 26.5. The number of methoxy groups -OCH3 is 1. The SMILES string of the molecule is C=C(C)Nc1cc(C(C)(C)C)cc(NC(=CCC)c2ccc(C)c(-n3cc(C(=O)NCC(C)(C)C)cn3)c2)c1OC. The van der Waals surface area contributed by atoms with E-state index in [9.17, 15) is 4.79 Å². The summed E-state index contributed by atoms with van der Waals surface area (Å²) < 4.78 is 7.66. The molecule has 1 amide bonds. The van der Waals surface area contributed by atoms with Crippen LogP contribution < -0.4 is 20.7 Å². The lowest BCUT2D eigenvalue weighted by Crippen LogP contribution is -2.32. The number of carbonyl (C=O) groups excluding carboxylic acids is 1. The molecular formula is C34H47N5O2. The molecule has 0 aliphatic heterocycles. The molecule has 1 aromatic heterocycles. The standard InChI is InChI=1S/C34H47N5O2/c1-12-13-27(38-29-18-26(34(8,9)10)17-28(31(29)41-11)37-22(2)3)24-15-14-23(4)30(16-24)39-20-25(19-36-39)32(40)35-21-33(5,6)7/h13-20,37-38H,2,12,21H2,1,3-11H3,(H,35,40). The molecule has 0 spiro atoms. The predicted octanol–water partition coefficient (Wildman–Crippen LogP) is 8.07. The molecule has 0 fully saturated rings. The van der Waals surface area contributed by atoms with Crippen molar-refractivity contribution in [2.24, 2.45) is 5.41 Å². The summed E-state index contributed by atoms with van der Waals surface area (Å²) in [6.07, 6.45) is 6.40. The van der Waals surface area contributed by atoms with Crippen LogP contribution in [0.5, 0.6) is 5.75 Å². The van der Waals surface area contributed by atoms with Crippen molar-refractivity contribution in [1.82, 2.24) is 15.1 Å².